The SMILES string of the molecule is CCn1nc(C)c2c1C(=O)Nc1nc3cc(C(N)=O)cc(CN4CC5(CNC5)C4)c3n1C/C=C/Cn1c(nc3cc(C(N)=O)cc(OC)c31)NC(=O)c1n(CC)nc(C)[n+]1-2. The Morgan fingerprint density at radius 2 is 1.43 bits per heavy atom. The second-order valence-corrected chi connectivity index (χ2v) is 15.6. The van der Waals surface area contributed by atoms with Crippen molar-refractivity contribution in [2.24, 2.45) is 16.9 Å². The van der Waals surface area contributed by atoms with Gasteiger partial charge in [-0.05, 0) is 50.6 Å². The average molecular weight is 817 g/mol. The average Bonchev–Trinajstić information content (AvgIpc) is 3.91. The number of rotatable bonds is 7. The number of likely N-dealkylation sites (tertiary alicyclic amines) is 1. The molecule has 2 fully saturated rings. The number of amides is 4. The molecule has 4 amide bonds. The number of carbonyl (C=O) groups excluding carboxylic acids is 4. The first-order chi connectivity index (χ1) is 28.8. The maximum absolute atomic E-state index is 14.8. The molecular formula is C40H46N15O5+. The number of allylic oxidation sites excluding steroid dienone is 2. The van der Waals surface area contributed by atoms with Crippen LogP contribution >= 0.6 is 0 Å². The zero-order valence-electron chi connectivity index (χ0n) is 34.0. The van der Waals surface area contributed by atoms with Gasteiger partial charge in [-0.3, -0.25) is 39.4 Å². The van der Waals surface area contributed by atoms with Crippen molar-refractivity contribution in [3.8, 4) is 11.4 Å². The minimum atomic E-state index is -0.662. The predicted molar refractivity (Wildman–Crippen MR) is 219 cm³/mol. The van der Waals surface area contributed by atoms with Crippen LogP contribution in [-0.2, 0) is 32.7 Å². The third kappa shape index (κ3) is 6.17. The van der Waals surface area contributed by atoms with E-state index in [1.165, 1.54) is 7.11 Å². The van der Waals surface area contributed by atoms with Crippen LogP contribution in [0.2, 0.25) is 0 Å². The number of methoxy groups -OCH3 is 1. The second-order valence-electron chi connectivity index (χ2n) is 15.6. The standard InChI is InChI=1S/C40H45N15O5/c1-6-53-32-29(21(3)48-53)55-22(4)49-54(7-2)37(55)36(59)47-39-45-27-14-24(34(42)57)15-28(60-5)31(27)52(39)11-9-8-10-51-30-25(16-50-19-40(20-50)17-43-18-40)12-23(33(41)56)13-26(30)44-38(51)46-35(32)58/h8-9,12-15,43H,6-7,10-11,16-20H2,1-5H3,(H5-,41,42,44,45,46,47,56,57,58,59)/p+1/b9-8+. The van der Waals surface area contributed by atoms with E-state index >= 15 is 0 Å². The molecule has 1 spiro atoms. The summed E-state index contributed by atoms with van der Waals surface area (Å²) in [5, 5.41) is 18.9. The van der Waals surface area contributed by atoms with Gasteiger partial charge in [-0.1, -0.05) is 12.2 Å². The summed E-state index contributed by atoms with van der Waals surface area (Å²) in [5.41, 5.74) is 16.3. The lowest BCUT2D eigenvalue weighted by Gasteiger charge is -2.56. The number of benzene rings is 2. The first-order valence-corrected chi connectivity index (χ1v) is 19.8. The van der Waals surface area contributed by atoms with Crippen LogP contribution in [0.5, 0.6) is 5.75 Å². The molecule has 0 saturated carbocycles. The molecule has 2 saturated heterocycles. The summed E-state index contributed by atoms with van der Waals surface area (Å²) in [6.45, 7) is 12.7. The normalized spacial score (nSPS) is 16.9. The first kappa shape index (κ1) is 38.6. The molecule has 0 atom stereocenters. The van der Waals surface area contributed by atoms with E-state index in [1.807, 2.05) is 36.6 Å². The largest absolute Gasteiger partial charge is 0.494 e. The molecular weight excluding hydrogens is 771 g/mol. The molecule has 2 aromatic carbocycles. The number of ether oxygens (including phenoxy) is 1. The summed E-state index contributed by atoms with van der Waals surface area (Å²) >= 11 is 0. The number of nitrogens with one attached hydrogen (secondary N) is 3. The summed E-state index contributed by atoms with van der Waals surface area (Å²) in [7, 11) is 1.48. The highest BCUT2D eigenvalue weighted by molar-refractivity contribution is 6.06. The van der Waals surface area contributed by atoms with Gasteiger partial charge < -0.3 is 30.7 Å². The Hall–Kier alpha value is -6.93. The van der Waals surface area contributed by atoms with Crippen LogP contribution in [0.25, 0.3) is 27.8 Å². The van der Waals surface area contributed by atoms with Crippen LogP contribution in [0.4, 0.5) is 11.9 Å². The minimum Gasteiger partial charge on any atom is -0.494 e. The van der Waals surface area contributed by atoms with E-state index in [2.05, 4.69) is 20.9 Å². The fraction of sp³-hybridized carbons (Fsp3) is 0.375. The molecule has 0 unspecified atom stereocenters. The molecule has 310 valence electrons. The smallest absolute Gasteiger partial charge is 0.331 e. The number of aryl methyl sites for hydroxylation is 4. The van der Waals surface area contributed by atoms with E-state index in [1.54, 1.807) is 50.5 Å². The molecule has 0 radical (unpaired) electrons. The summed E-state index contributed by atoms with van der Waals surface area (Å²) in [6.07, 6.45) is 3.82. The van der Waals surface area contributed by atoms with E-state index in [4.69, 9.17) is 36.4 Å². The topological polar surface area (TPSA) is 244 Å². The van der Waals surface area contributed by atoms with Crippen molar-refractivity contribution >= 4 is 57.6 Å². The van der Waals surface area contributed by atoms with Gasteiger partial charge in [0.2, 0.25) is 23.7 Å². The van der Waals surface area contributed by atoms with E-state index in [0.717, 1.165) is 37.3 Å². The van der Waals surface area contributed by atoms with Gasteiger partial charge in [0.1, 0.15) is 17.8 Å². The number of fused-ring (bicyclic) bond motifs is 9. The van der Waals surface area contributed by atoms with Crippen molar-refractivity contribution in [2.45, 2.75) is 60.4 Å². The van der Waals surface area contributed by atoms with Gasteiger partial charge in [-0.15, -0.1) is 4.68 Å². The summed E-state index contributed by atoms with van der Waals surface area (Å²) < 4.78 is 14.2. The van der Waals surface area contributed by atoms with E-state index < -0.39 is 23.6 Å². The number of aromatic nitrogens is 9. The Bertz CT molecular complexity index is 2830. The Kier molecular flexibility index (Phi) is 9.27. The van der Waals surface area contributed by atoms with Crippen molar-refractivity contribution in [1.82, 2.24) is 48.9 Å². The highest BCUT2D eigenvalue weighted by atomic mass is 16.5. The second kappa shape index (κ2) is 14.4. The van der Waals surface area contributed by atoms with Gasteiger partial charge in [0.25, 0.3) is 11.7 Å². The molecule has 3 aliphatic heterocycles. The number of hydrogen-bond donors (Lipinski definition) is 5. The zero-order valence-corrected chi connectivity index (χ0v) is 34.0. The monoisotopic (exact) mass is 816 g/mol. The van der Waals surface area contributed by atoms with Crippen LogP contribution in [0.3, 0.4) is 0 Å². The highest BCUT2D eigenvalue weighted by Gasteiger charge is 2.47. The fourth-order valence-electron chi connectivity index (χ4n) is 8.86. The van der Waals surface area contributed by atoms with E-state index in [-0.39, 0.29) is 47.5 Å². The molecule has 20 nitrogen and oxygen atoms in total. The molecule has 6 aromatic rings. The van der Waals surface area contributed by atoms with Gasteiger partial charge >= 0.3 is 11.7 Å². The van der Waals surface area contributed by atoms with Crippen molar-refractivity contribution in [3.63, 3.8) is 0 Å². The first-order valence-electron chi connectivity index (χ1n) is 19.8. The molecule has 7 N–H and O–H groups in total. The lowest BCUT2D eigenvalue weighted by molar-refractivity contribution is -0.606. The lowest BCUT2D eigenvalue weighted by Crippen LogP contribution is -2.70. The maximum atomic E-state index is 14.8. The van der Waals surface area contributed by atoms with Gasteiger partial charge in [0.15, 0.2) is 11.4 Å². The minimum absolute atomic E-state index is 0.121. The van der Waals surface area contributed by atoms with Crippen LogP contribution < -0.4 is 36.7 Å². The van der Waals surface area contributed by atoms with Crippen molar-refractivity contribution in [3.05, 3.63) is 76.1 Å². The predicted octanol–water partition coefficient (Wildman–Crippen LogP) is 1.40. The Morgan fingerprint density at radius 3 is 2.02 bits per heavy atom. The van der Waals surface area contributed by atoms with Gasteiger partial charge in [-0.2, -0.15) is 9.67 Å². The number of carbonyl (C=O) groups is 4. The molecule has 0 aliphatic carbocycles. The number of imidazole rings is 2. The summed E-state index contributed by atoms with van der Waals surface area (Å²) in [4.78, 5) is 66.4. The van der Waals surface area contributed by atoms with Gasteiger partial charge in [0, 0.05) is 80.9 Å². The molecule has 4 aromatic heterocycles. The third-order valence-electron chi connectivity index (χ3n) is 11.6. The Labute approximate surface area is 343 Å². The van der Waals surface area contributed by atoms with Crippen LogP contribution in [0.15, 0.2) is 36.4 Å². The number of nitrogens with two attached hydrogens (primary N) is 2. The zero-order chi connectivity index (χ0) is 42.2. The quantitative estimate of drug-likeness (QED) is 0.114. The van der Waals surface area contributed by atoms with Crippen LogP contribution in [-0.4, -0.2) is 100 Å². The third-order valence-corrected chi connectivity index (χ3v) is 11.6. The fourth-order valence-corrected chi connectivity index (χ4v) is 8.86. The number of anilines is 2. The summed E-state index contributed by atoms with van der Waals surface area (Å²) in [6, 6.07) is 6.56. The lowest BCUT2D eigenvalue weighted by atomic mass is 9.74. The molecule has 60 heavy (non-hydrogen) atoms. The van der Waals surface area contributed by atoms with Crippen LogP contribution in [0.1, 0.15) is 72.8 Å². The maximum Gasteiger partial charge on any atom is 0.331 e. The Morgan fingerprint density at radius 1 is 0.833 bits per heavy atom. The number of nitrogens with zero attached hydrogens (tertiary/aromatic N) is 10. The number of primary amides is 2. The van der Waals surface area contributed by atoms with Crippen LogP contribution in [0, 0.1) is 19.3 Å². The van der Waals surface area contributed by atoms with Gasteiger partial charge in [-0.25, -0.2) is 9.97 Å². The number of hydrogen-bond acceptors (Lipinski definition) is 11. The molecule has 20 heteroatoms. The summed E-state index contributed by atoms with van der Waals surface area (Å²) in [5.74, 6) is -1.02. The van der Waals surface area contributed by atoms with Crippen molar-refractivity contribution < 1.29 is 28.5 Å². The molecule has 7 heterocycles. The van der Waals surface area contributed by atoms with Gasteiger partial charge in [0.05, 0.1) is 29.4 Å². The highest BCUT2D eigenvalue weighted by Crippen LogP contribution is 2.37. The Balaban J connectivity index is 1.26. The molecule has 9 rings (SSSR count). The molecule has 3 aliphatic rings. The molecule has 0 bridgehead atoms. The van der Waals surface area contributed by atoms with E-state index in [0.29, 0.717) is 64.7 Å². The van der Waals surface area contributed by atoms with Crippen molar-refractivity contribution in [2.75, 3.05) is 43.9 Å². The van der Waals surface area contributed by atoms with E-state index in [9.17, 15) is 19.2 Å². The van der Waals surface area contributed by atoms with Crippen molar-refractivity contribution in [1.29, 1.82) is 0 Å².